The molecule has 1 aromatic heterocycles. The first-order valence-corrected chi connectivity index (χ1v) is 7.21. The molecule has 1 unspecified atom stereocenters. The van der Waals surface area contributed by atoms with Gasteiger partial charge in [-0.25, -0.2) is 4.39 Å². The molecule has 0 bridgehead atoms. The number of carbonyl (C=O) groups is 1. The van der Waals surface area contributed by atoms with Crippen molar-refractivity contribution in [1.82, 2.24) is 10.2 Å². The SMILES string of the molecule is O=C1NCCN(CC=Cc2ccco2)C1c1ccc(F)cc1. The third-order valence-electron chi connectivity index (χ3n) is 3.66. The summed E-state index contributed by atoms with van der Waals surface area (Å²) >= 11 is 0. The van der Waals surface area contributed by atoms with Gasteiger partial charge >= 0.3 is 0 Å². The summed E-state index contributed by atoms with van der Waals surface area (Å²) in [7, 11) is 0. The van der Waals surface area contributed by atoms with Crippen LogP contribution < -0.4 is 5.32 Å². The van der Waals surface area contributed by atoms with E-state index in [2.05, 4.69) is 10.2 Å². The Morgan fingerprint density at radius 3 is 2.86 bits per heavy atom. The van der Waals surface area contributed by atoms with E-state index in [1.165, 1.54) is 12.1 Å². The zero-order chi connectivity index (χ0) is 15.4. The van der Waals surface area contributed by atoms with Gasteiger partial charge in [-0.2, -0.15) is 0 Å². The molecule has 4 nitrogen and oxygen atoms in total. The number of benzene rings is 1. The molecule has 0 saturated carbocycles. The highest BCUT2D eigenvalue weighted by molar-refractivity contribution is 5.83. The van der Waals surface area contributed by atoms with E-state index in [0.29, 0.717) is 13.1 Å². The Balaban J connectivity index is 1.75. The third-order valence-corrected chi connectivity index (χ3v) is 3.66. The fraction of sp³-hybridized carbons (Fsp3) is 0.235. The van der Waals surface area contributed by atoms with Gasteiger partial charge in [-0.05, 0) is 35.9 Å². The van der Waals surface area contributed by atoms with Crippen molar-refractivity contribution >= 4 is 12.0 Å². The summed E-state index contributed by atoms with van der Waals surface area (Å²) in [4.78, 5) is 14.3. The fourth-order valence-corrected chi connectivity index (χ4v) is 2.61. The summed E-state index contributed by atoms with van der Waals surface area (Å²) in [6.45, 7) is 1.98. The molecule has 3 rings (SSSR count). The lowest BCUT2D eigenvalue weighted by Crippen LogP contribution is -2.49. The predicted octanol–water partition coefficient (Wildman–Crippen LogP) is 2.61. The molecule has 1 atom stereocenters. The summed E-state index contributed by atoms with van der Waals surface area (Å²) in [6, 6.07) is 9.40. The molecule has 22 heavy (non-hydrogen) atoms. The van der Waals surface area contributed by atoms with Gasteiger partial charge in [0.15, 0.2) is 0 Å². The molecule has 1 fully saturated rings. The minimum atomic E-state index is -0.393. The highest BCUT2D eigenvalue weighted by Crippen LogP contribution is 2.23. The third kappa shape index (κ3) is 3.26. The first-order valence-electron chi connectivity index (χ1n) is 7.21. The molecule has 0 aliphatic carbocycles. The Bertz CT molecular complexity index is 650. The molecule has 1 aromatic carbocycles. The topological polar surface area (TPSA) is 45.5 Å². The van der Waals surface area contributed by atoms with Crippen LogP contribution in [0.25, 0.3) is 6.08 Å². The van der Waals surface area contributed by atoms with Crippen molar-refractivity contribution in [3.05, 3.63) is 65.9 Å². The van der Waals surface area contributed by atoms with Gasteiger partial charge in [-0.15, -0.1) is 0 Å². The normalized spacial score (nSPS) is 19.5. The van der Waals surface area contributed by atoms with Crippen LogP contribution in [0.1, 0.15) is 17.4 Å². The van der Waals surface area contributed by atoms with E-state index in [1.54, 1.807) is 18.4 Å². The highest BCUT2D eigenvalue weighted by atomic mass is 19.1. The van der Waals surface area contributed by atoms with Gasteiger partial charge in [0.2, 0.25) is 5.91 Å². The van der Waals surface area contributed by atoms with Crippen molar-refractivity contribution in [3.8, 4) is 0 Å². The van der Waals surface area contributed by atoms with Crippen LogP contribution in [0, 0.1) is 5.82 Å². The second-order valence-electron chi connectivity index (χ2n) is 5.16. The molecule has 114 valence electrons. The smallest absolute Gasteiger partial charge is 0.242 e. The lowest BCUT2D eigenvalue weighted by molar-refractivity contribution is -0.128. The lowest BCUT2D eigenvalue weighted by atomic mass is 10.0. The molecule has 1 N–H and O–H groups in total. The number of halogens is 1. The highest BCUT2D eigenvalue weighted by Gasteiger charge is 2.30. The molecule has 1 amide bonds. The van der Waals surface area contributed by atoms with Crippen molar-refractivity contribution in [1.29, 1.82) is 0 Å². The van der Waals surface area contributed by atoms with Crippen LogP contribution in [0.3, 0.4) is 0 Å². The van der Waals surface area contributed by atoms with Crippen molar-refractivity contribution in [2.75, 3.05) is 19.6 Å². The zero-order valence-corrected chi connectivity index (χ0v) is 12.0. The maximum atomic E-state index is 13.1. The Morgan fingerprint density at radius 2 is 2.14 bits per heavy atom. The van der Waals surface area contributed by atoms with E-state index in [9.17, 15) is 9.18 Å². The number of hydrogen-bond donors (Lipinski definition) is 1. The average molecular weight is 300 g/mol. The van der Waals surface area contributed by atoms with Crippen LogP contribution in [0.2, 0.25) is 0 Å². The number of piperazine rings is 1. The molecule has 2 heterocycles. The average Bonchev–Trinajstić information content (AvgIpc) is 3.02. The number of nitrogens with one attached hydrogen (secondary N) is 1. The van der Waals surface area contributed by atoms with Gasteiger partial charge in [0.05, 0.1) is 6.26 Å². The number of furan rings is 1. The first kappa shape index (κ1) is 14.5. The molecule has 1 aliphatic heterocycles. The van der Waals surface area contributed by atoms with Crippen LogP contribution in [-0.4, -0.2) is 30.4 Å². The summed E-state index contributed by atoms with van der Waals surface area (Å²) < 4.78 is 18.3. The minimum absolute atomic E-state index is 0.0516. The van der Waals surface area contributed by atoms with E-state index < -0.39 is 6.04 Å². The lowest BCUT2D eigenvalue weighted by Gasteiger charge is -2.34. The van der Waals surface area contributed by atoms with Gasteiger partial charge in [0.1, 0.15) is 17.6 Å². The van der Waals surface area contributed by atoms with Gasteiger partial charge in [0, 0.05) is 19.6 Å². The van der Waals surface area contributed by atoms with Crippen molar-refractivity contribution in [2.45, 2.75) is 6.04 Å². The van der Waals surface area contributed by atoms with E-state index in [1.807, 2.05) is 24.3 Å². The van der Waals surface area contributed by atoms with E-state index >= 15 is 0 Å². The largest absolute Gasteiger partial charge is 0.465 e. The number of rotatable bonds is 4. The maximum absolute atomic E-state index is 13.1. The van der Waals surface area contributed by atoms with Crippen LogP contribution in [0.15, 0.2) is 53.2 Å². The molecule has 0 spiro atoms. The first-order chi connectivity index (χ1) is 10.7. The van der Waals surface area contributed by atoms with Crippen LogP contribution in [0.4, 0.5) is 4.39 Å². The van der Waals surface area contributed by atoms with Gasteiger partial charge in [-0.1, -0.05) is 18.2 Å². The molecule has 1 aliphatic rings. The van der Waals surface area contributed by atoms with Crippen LogP contribution >= 0.6 is 0 Å². The summed E-state index contributed by atoms with van der Waals surface area (Å²) in [5, 5.41) is 2.86. The number of nitrogens with zero attached hydrogens (tertiary/aromatic N) is 1. The van der Waals surface area contributed by atoms with Gasteiger partial charge < -0.3 is 9.73 Å². The predicted molar refractivity (Wildman–Crippen MR) is 81.5 cm³/mol. The number of amides is 1. The summed E-state index contributed by atoms with van der Waals surface area (Å²) in [5.74, 6) is 0.424. The van der Waals surface area contributed by atoms with E-state index in [4.69, 9.17) is 4.42 Å². The molecule has 0 radical (unpaired) electrons. The second kappa shape index (κ2) is 6.58. The van der Waals surface area contributed by atoms with Crippen molar-refractivity contribution in [3.63, 3.8) is 0 Å². The van der Waals surface area contributed by atoms with Crippen LogP contribution in [0.5, 0.6) is 0 Å². The summed E-state index contributed by atoms with van der Waals surface area (Å²) in [5.41, 5.74) is 0.796. The Kier molecular flexibility index (Phi) is 4.34. The number of carbonyl (C=O) groups excluding carboxylic acids is 1. The zero-order valence-electron chi connectivity index (χ0n) is 12.0. The maximum Gasteiger partial charge on any atom is 0.242 e. The molecular formula is C17H17FN2O2. The van der Waals surface area contributed by atoms with E-state index in [0.717, 1.165) is 17.9 Å². The second-order valence-corrected chi connectivity index (χ2v) is 5.16. The Morgan fingerprint density at radius 1 is 1.32 bits per heavy atom. The van der Waals surface area contributed by atoms with E-state index in [-0.39, 0.29) is 11.7 Å². The van der Waals surface area contributed by atoms with Gasteiger partial charge in [0.25, 0.3) is 0 Å². The quantitative estimate of drug-likeness (QED) is 0.944. The Labute approximate surface area is 128 Å². The molecule has 2 aromatic rings. The van der Waals surface area contributed by atoms with Crippen molar-refractivity contribution in [2.24, 2.45) is 0 Å². The molecular weight excluding hydrogens is 283 g/mol. The minimum Gasteiger partial charge on any atom is -0.465 e. The standard InChI is InChI=1S/C17H17FN2O2/c18-14-7-5-13(6-8-14)16-17(21)19-9-11-20(16)10-1-3-15-4-2-12-22-15/h1-8,12,16H,9-11H2,(H,19,21). The molecule has 5 heteroatoms. The fourth-order valence-electron chi connectivity index (χ4n) is 2.61. The number of hydrogen-bond acceptors (Lipinski definition) is 3. The summed E-state index contributed by atoms with van der Waals surface area (Å²) in [6.07, 6.45) is 5.47. The van der Waals surface area contributed by atoms with Gasteiger partial charge in [-0.3, -0.25) is 9.69 Å². The van der Waals surface area contributed by atoms with Crippen LogP contribution in [-0.2, 0) is 4.79 Å². The molecule has 1 saturated heterocycles. The monoisotopic (exact) mass is 300 g/mol. The Hall–Kier alpha value is -2.40. The van der Waals surface area contributed by atoms with Crippen molar-refractivity contribution < 1.29 is 13.6 Å².